The minimum absolute atomic E-state index is 0.0542. The summed E-state index contributed by atoms with van der Waals surface area (Å²) in [6, 6.07) is 9.69. The zero-order valence-corrected chi connectivity index (χ0v) is 8.51. The molecule has 0 spiro atoms. The Hall–Kier alpha value is -1.74. The highest BCUT2D eigenvalue weighted by molar-refractivity contribution is 5.55. The topological polar surface area (TPSA) is 46.0 Å². The average molecular weight is 200 g/mol. The maximum absolute atomic E-state index is 8.97. The lowest BCUT2D eigenvalue weighted by atomic mass is 10.1. The Labute approximate surface area is 88.5 Å². The van der Waals surface area contributed by atoms with Crippen LogP contribution in [0.2, 0.25) is 0 Å². The van der Waals surface area contributed by atoms with Crippen LogP contribution in [-0.2, 0) is 6.61 Å². The normalized spacial score (nSPS) is 10.3. The molecular weight excluding hydrogens is 188 g/mol. The number of hydrogen-bond donors (Lipinski definition) is 1. The molecule has 0 aliphatic rings. The van der Waals surface area contributed by atoms with Crippen LogP contribution in [0.4, 0.5) is 0 Å². The smallest absolute Gasteiger partial charge is 0.159 e. The molecule has 0 bridgehead atoms. The second-order valence-electron chi connectivity index (χ2n) is 3.40. The van der Waals surface area contributed by atoms with E-state index < -0.39 is 0 Å². The van der Waals surface area contributed by atoms with Crippen molar-refractivity contribution in [3.8, 4) is 11.4 Å². The number of aromatic nitrogens is 2. The molecule has 0 saturated heterocycles. The zero-order valence-electron chi connectivity index (χ0n) is 8.51. The van der Waals surface area contributed by atoms with Crippen LogP contribution in [0.1, 0.15) is 11.3 Å². The molecule has 0 aliphatic heterocycles. The predicted molar refractivity (Wildman–Crippen MR) is 58.1 cm³/mol. The van der Waals surface area contributed by atoms with Gasteiger partial charge in [0.15, 0.2) is 5.82 Å². The fourth-order valence-electron chi connectivity index (χ4n) is 1.41. The standard InChI is InChI=1S/C12H12N2O/c1-9-3-2-4-10(7-9)12-13-6-5-11(8-15)14-12/h2-7,15H,8H2,1H3. The molecule has 0 fully saturated rings. The summed E-state index contributed by atoms with van der Waals surface area (Å²) in [7, 11) is 0. The molecule has 0 unspecified atom stereocenters. The minimum Gasteiger partial charge on any atom is -0.390 e. The van der Waals surface area contributed by atoms with E-state index in [0.29, 0.717) is 11.5 Å². The van der Waals surface area contributed by atoms with Crippen molar-refractivity contribution in [1.82, 2.24) is 9.97 Å². The molecule has 15 heavy (non-hydrogen) atoms. The quantitative estimate of drug-likeness (QED) is 0.805. The first-order chi connectivity index (χ1) is 7.29. The summed E-state index contributed by atoms with van der Waals surface area (Å²) in [5, 5.41) is 8.97. The van der Waals surface area contributed by atoms with Crippen molar-refractivity contribution in [2.24, 2.45) is 0 Å². The molecule has 1 N–H and O–H groups in total. The van der Waals surface area contributed by atoms with Crippen molar-refractivity contribution in [3.05, 3.63) is 47.8 Å². The Bertz CT molecular complexity index is 469. The summed E-state index contributed by atoms with van der Waals surface area (Å²) in [6.45, 7) is 1.97. The molecular formula is C12H12N2O. The molecule has 2 rings (SSSR count). The summed E-state index contributed by atoms with van der Waals surface area (Å²) in [6.07, 6.45) is 1.66. The van der Waals surface area contributed by atoms with Crippen LogP contribution >= 0.6 is 0 Å². The van der Waals surface area contributed by atoms with Crippen LogP contribution in [0.5, 0.6) is 0 Å². The van der Waals surface area contributed by atoms with Crippen LogP contribution in [0.3, 0.4) is 0 Å². The molecule has 1 aromatic heterocycles. The van der Waals surface area contributed by atoms with Crippen molar-refractivity contribution in [1.29, 1.82) is 0 Å². The van der Waals surface area contributed by atoms with E-state index in [1.807, 2.05) is 31.2 Å². The Morgan fingerprint density at radius 2 is 2.13 bits per heavy atom. The third-order valence-electron chi connectivity index (χ3n) is 2.15. The summed E-state index contributed by atoms with van der Waals surface area (Å²) >= 11 is 0. The van der Waals surface area contributed by atoms with Gasteiger partial charge in [-0.3, -0.25) is 0 Å². The summed E-state index contributed by atoms with van der Waals surface area (Å²) in [4.78, 5) is 8.42. The van der Waals surface area contributed by atoms with Crippen LogP contribution in [0.15, 0.2) is 36.5 Å². The van der Waals surface area contributed by atoms with Crippen LogP contribution in [0.25, 0.3) is 11.4 Å². The lowest BCUT2D eigenvalue weighted by Crippen LogP contribution is -1.94. The molecule has 76 valence electrons. The van der Waals surface area contributed by atoms with Gasteiger partial charge in [-0.25, -0.2) is 9.97 Å². The molecule has 2 aromatic rings. The van der Waals surface area contributed by atoms with E-state index >= 15 is 0 Å². The highest BCUT2D eigenvalue weighted by Gasteiger charge is 2.01. The van der Waals surface area contributed by atoms with E-state index in [-0.39, 0.29) is 6.61 Å². The Morgan fingerprint density at radius 1 is 1.27 bits per heavy atom. The fraction of sp³-hybridized carbons (Fsp3) is 0.167. The van der Waals surface area contributed by atoms with E-state index in [0.717, 1.165) is 5.56 Å². The first kappa shape index (κ1) is 9.80. The largest absolute Gasteiger partial charge is 0.390 e. The third kappa shape index (κ3) is 2.19. The van der Waals surface area contributed by atoms with Gasteiger partial charge < -0.3 is 5.11 Å². The number of rotatable bonds is 2. The second kappa shape index (κ2) is 4.19. The van der Waals surface area contributed by atoms with E-state index in [2.05, 4.69) is 9.97 Å². The Balaban J connectivity index is 2.44. The summed E-state index contributed by atoms with van der Waals surface area (Å²) in [5.41, 5.74) is 2.79. The molecule has 0 radical (unpaired) electrons. The highest BCUT2D eigenvalue weighted by atomic mass is 16.3. The highest BCUT2D eigenvalue weighted by Crippen LogP contribution is 2.15. The maximum Gasteiger partial charge on any atom is 0.159 e. The number of aryl methyl sites for hydroxylation is 1. The monoisotopic (exact) mass is 200 g/mol. The van der Waals surface area contributed by atoms with Crippen molar-refractivity contribution in [2.45, 2.75) is 13.5 Å². The van der Waals surface area contributed by atoms with Gasteiger partial charge in [-0.15, -0.1) is 0 Å². The molecule has 1 aromatic carbocycles. The van der Waals surface area contributed by atoms with E-state index in [1.165, 1.54) is 5.56 Å². The van der Waals surface area contributed by atoms with Gasteiger partial charge in [0.2, 0.25) is 0 Å². The predicted octanol–water partition coefficient (Wildman–Crippen LogP) is 1.94. The van der Waals surface area contributed by atoms with Crippen molar-refractivity contribution in [3.63, 3.8) is 0 Å². The van der Waals surface area contributed by atoms with Gasteiger partial charge in [-0.05, 0) is 19.1 Å². The minimum atomic E-state index is -0.0542. The lowest BCUT2D eigenvalue weighted by molar-refractivity contribution is 0.277. The molecule has 1 heterocycles. The van der Waals surface area contributed by atoms with Gasteiger partial charge in [-0.2, -0.15) is 0 Å². The second-order valence-corrected chi connectivity index (χ2v) is 3.40. The van der Waals surface area contributed by atoms with Crippen LogP contribution in [-0.4, -0.2) is 15.1 Å². The maximum atomic E-state index is 8.97. The van der Waals surface area contributed by atoms with Gasteiger partial charge in [0, 0.05) is 11.8 Å². The van der Waals surface area contributed by atoms with Crippen molar-refractivity contribution >= 4 is 0 Å². The number of hydrogen-bond acceptors (Lipinski definition) is 3. The molecule has 3 nitrogen and oxygen atoms in total. The SMILES string of the molecule is Cc1cccc(-c2nccc(CO)n2)c1. The number of nitrogens with zero attached hydrogens (tertiary/aromatic N) is 2. The van der Waals surface area contributed by atoms with Gasteiger partial charge in [-0.1, -0.05) is 23.8 Å². The van der Waals surface area contributed by atoms with Gasteiger partial charge in [0.1, 0.15) is 0 Å². The van der Waals surface area contributed by atoms with Gasteiger partial charge in [0.25, 0.3) is 0 Å². The molecule has 0 amide bonds. The zero-order chi connectivity index (χ0) is 10.7. The van der Waals surface area contributed by atoms with Crippen LogP contribution in [0, 0.1) is 6.92 Å². The summed E-state index contributed by atoms with van der Waals surface area (Å²) in [5.74, 6) is 0.658. The molecule has 0 saturated carbocycles. The van der Waals surface area contributed by atoms with Crippen molar-refractivity contribution < 1.29 is 5.11 Å². The van der Waals surface area contributed by atoms with Crippen molar-refractivity contribution in [2.75, 3.05) is 0 Å². The number of aliphatic hydroxyl groups is 1. The van der Waals surface area contributed by atoms with E-state index in [9.17, 15) is 0 Å². The molecule has 3 heteroatoms. The van der Waals surface area contributed by atoms with E-state index in [1.54, 1.807) is 12.3 Å². The van der Waals surface area contributed by atoms with Gasteiger partial charge in [0.05, 0.1) is 12.3 Å². The number of benzene rings is 1. The van der Waals surface area contributed by atoms with Crippen LogP contribution < -0.4 is 0 Å². The summed E-state index contributed by atoms with van der Waals surface area (Å²) < 4.78 is 0. The Morgan fingerprint density at radius 3 is 2.87 bits per heavy atom. The first-order valence-corrected chi connectivity index (χ1v) is 4.79. The van der Waals surface area contributed by atoms with E-state index in [4.69, 9.17) is 5.11 Å². The average Bonchev–Trinajstić information content (AvgIpc) is 2.29. The molecule has 0 atom stereocenters. The number of aliphatic hydroxyl groups excluding tert-OH is 1. The Kier molecular flexibility index (Phi) is 2.74. The fourth-order valence-corrected chi connectivity index (χ4v) is 1.41. The van der Waals surface area contributed by atoms with Gasteiger partial charge >= 0.3 is 0 Å². The molecule has 0 aliphatic carbocycles. The first-order valence-electron chi connectivity index (χ1n) is 4.79. The lowest BCUT2D eigenvalue weighted by Gasteiger charge is -2.02. The third-order valence-corrected chi connectivity index (χ3v) is 2.15.